The summed E-state index contributed by atoms with van der Waals surface area (Å²) in [6, 6.07) is -0.840. The Balaban J connectivity index is 2.79. The number of hydrogen-bond donors (Lipinski definition) is 0. The van der Waals surface area contributed by atoms with Gasteiger partial charge in [0.15, 0.2) is 5.65 Å². The topological polar surface area (TPSA) is 84.5 Å². The first-order valence-electron chi connectivity index (χ1n) is 3.18. The SMILES string of the molecule is [NH]C(=O)n1cnc2ncncc21. The molecule has 0 aliphatic heterocycles. The first kappa shape index (κ1) is 6.71. The second kappa shape index (κ2) is 2.26. The minimum atomic E-state index is -0.840. The van der Waals surface area contributed by atoms with Gasteiger partial charge in [-0.15, -0.1) is 0 Å². The fourth-order valence-corrected chi connectivity index (χ4v) is 0.922. The maximum Gasteiger partial charge on any atom is 0.346 e. The fourth-order valence-electron chi connectivity index (χ4n) is 0.922. The van der Waals surface area contributed by atoms with Crippen LogP contribution in [0.15, 0.2) is 18.9 Å². The van der Waals surface area contributed by atoms with Gasteiger partial charge in [-0.25, -0.2) is 30.0 Å². The smallest absolute Gasteiger partial charge is 0.247 e. The zero-order valence-corrected chi connectivity index (χ0v) is 5.93. The molecule has 0 saturated carbocycles. The van der Waals surface area contributed by atoms with Gasteiger partial charge in [-0.2, -0.15) is 0 Å². The number of hydrogen-bond acceptors (Lipinski definition) is 4. The van der Waals surface area contributed by atoms with E-state index in [2.05, 4.69) is 15.0 Å². The molecule has 2 heterocycles. The Hall–Kier alpha value is -1.98. The van der Waals surface area contributed by atoms with Gasteiger partial charge in [0.2, 0.25) is 0 Å². The predicted molar refractivity (Wildman–Crippen MR) is 39.2 cm³/mol. The van der Waals surface area contributed by atoms with Gasteiger partial charge in [-0.3, -0.25) is 0 Å². The van der Waals surface area contributed by atoms with Crippen LogP contribution in [-0.4, -0.2) is 25.6 Å². The highest BCUT2D eigenvalue weighted by Crippen LogP contribution is 2.05. The van der Waals surface area contributed by atoms with E-state index in [1.54, 1.807) is 0 Å². The van der Waals surface area contributed by atoms with E-state index in [0.717, 1.165) is 4.57 Å². The fraction of sp³-hybridized carbons (Fsp3) is 0. The highest BCUT2D eigenvalue weighted by atomic mass is 16.2. The van der Waals surface area contributed by atoms with Crippen molar-refractivity contribution < 1.29 is 4.79 Å². The molecular formula is C6H4N5O. The number of nitrogens with one attached hydrogen (secondary N) is 1. The van der Waals surface area contributed by atoms with Crippen molar-refractivity contribution in [3.05, 3.63) is 18.9 Å². The van der Waals surface area contributed by atoms with E-state index in [4.69, 9.17) is 5.73 Å². The molecule has 1 amide bonds. The highest BCUT2D eigenvalue weighted by molar-refractivity contribution is 5.85. The summed E-state index contributed by atoms with van der Waals surface area (Å²) in [6.45, 7) is 0. The third kappa shape index (κ3) is 0.815. The third-order valence-electron chi connectivity index (χ3n) is 1.45. The monoisotopic (exact) mass is 162 g/mol. The van der Waals surface area contributed by atoms with Crippen LogP contribution in [0.2, 0.25) is 0 Å². The highest BCUT2D eigenvalue weighted by Gasteiger charge is 2.06. The molecule has 0 aromatic carbocycles. The number of amides is 1. The molecule has 2 rings (SSSR count). The van der Waals surface area contributed by atoms with Crippen LogP contribution in [0.5, 0.6) is 0 Å². The molecule has 0 saturated heterocycles. The lowest BCUT2D eigenvalue weighted by atomic mass is 10.5. The van der Waals surface area contributed by atoms with Gasteiger partial charge in [0.25, 0.3) is 0 Å². The Morgan fingerprint density at radius 3 is 3.08 bits per heavy atom. The Morgan fingerprint density at radius 2 is 2.33 bits per heavy atom. The van der Waals surface area contributed by atoms with Crippen LogP contribution in [0.4, 0.5) is 4.79 Å². The molecule has 2 aromatic rings. The van der Waals surface area contributed by atoms with E-state index in [1.807, 2.05) is 0 Å². The molecule has 0 aliphatic rings. The molecule has 59 valence electrons. The van der Waals surface area contributed by atoms with Crippen LogP contribution >= 0.6 is 0 Å². The van der Waals surface area contributed by atoms with E-state index in [1.165, 1.54) is 18.9 Å². The van der Waals surface area contributed by atoms with Crippen molar-refractivity contribution in [2.45, 2.75) is 0 Å². The summed E-state index contributed by atoms with van der Waals surface area (Å²) in [5.41, 5.74) is 7.72. The van der Waals surface area contributed by atoms with Crippen LogP contribution in [0.1, 0.15) is 0 Å². The van der Waals surface area contributed by atoms with Gasteiger partial charge in [0, 0.05) is 0 Å². The van der Waals surface area contributed by atoms with Crippen LogP contribution in [-0.2, 0) is 0 Å². The van der Waals surface area contributed by atoms with Crippen LogP contribution in [0, 0.1) is 0 Å². The van der Waals surface area contributed by atoms with E-state index in [9.17, 15) is 4.79 Å². The number of aromatic nitrogens is 4. The lowest BCUT2D eigenvalue weighted by Gasteiger charge is -1.92. The Bertz CT molecular complexity index is 434. The summed E-state index contributed by atoms with van der Waals surface area (Å²) in [6.07, 6.45) is 4.05. The summed E-state index contributed by atoms with van der Waals surface area (Å²) >= 11 is 0. The standard InChI is InChI=1S/C6H4N5O/c7-6(12)11-3-10-5-4(11)1-8-2-9-5/h1-3,7H. The number of carbonyl (C=O) groups excluding carboxylic acids is 1. The molecule has 0 spiro atoms. The summed E-state index contributed by atoms with van der Waals surface area (Å²) in [4.78, 5) is 22.0. The molecule has 6 nitrogen and oxygen atoms in total. The normalized spacial score (nSPS) is 10.3. The van der Waals surface area contributed by atoms with Gasteiger partial charge >= 0.3 is 6.03 Å². The zero-order valence-electron chi connectivity index (χ0n) is 5.93. The second-order valence-electron chi connectivity index (χ2n) is 2.15. The molecule has 6 heteroatoms. The number of nitrogens with zero attached hydrogens (tertiary/aromatic N) is 4. The van der Waals surface area contributed by atoms with Crippen molar-refractivity contribution in [1.82, 2.24) is 25.3 Å². The lowest BCUT2D eigenvalue weighted by molar-refractivity contribution is 0.250. The summed E-state index contributed by atoms with van der Waals surface area (Å²) in [7, 11) is 0. The predicted octanol–water partition coefficient (Wildman–Crippen LogP) is 0.0773. The number of fused-ring (bicyclic) bond motifs is 1. The van der Waals surface area contributed by atoms with Crippen LogP contribution < -0.4 is 5.73 Å². The van der Waals surface area contributed by atoms with Crippen molar-refractivity contribution in [2.75, 3.05) is 0 Å². The minimum absolute atomic E-state index is 0.422. The third-order valence-corrected chi connectivity index (χ3v) is 1.45. The molecule has 0 unspecified atom stereocenters. The number of carbonyl (C=O) groups is 1. The van der Waals surface area contributed by atoms with Crippen molar-refractivity contribution >= 4 is 17.2 Å². The van der Waals surface area contributed by atoms with Gasteiger partial charge in [-0.1, -0.05) is 0 Å². The Morgan fingerprint density at radius 1 is 1.50 bits per heavy atom. The molecular weight excluding hydrogens is 158 g/mol. The van der Waals surface area contributed by atoms with E-state index in [0.29, 0.717) is 11.2 Å². The van der Waals surface area contributed by atoms with E-state index in [-0.39, 0.29) is 0 Å². The van der Waals surface area contributed by atoms with Crippen LogP contribution in [0.3, 0.4) is 0 Å². The largest absolute Gasteiger partial charge is 0.346 e. The van der Waals surface area contributed by atoms with E-state index < -0.39 is 6.03 Å². The van der Waals surface area contributed by atoms with Crippen LogP contribution in [0.25, 0.3) is 11.2 Å². The molecule has 12 heavy (non-hydrogen) atoms. The molecule has 0 atom stereocenters. The first-order valence-corrected chi connectivity index (χ1v) is 3.18. The van der Waals surface area contributed by atoms with Gasteiger partial charge < -0.3 is 0 Å². The summed E-state index contributed by atoms with van der Waals surface area (Å²) in [5.74, 6) is 0. The number of imidazole rings is 1. The molecule has 1 radical (unpaired) electrons. The maximum atomic E-state index is 10.7. The Kier molecular flexibility index (Phi) is 1.26. The molecule has 0 aliphatic carbocycles. The summed E-state index contributed by atoms with van der Waals surface area (Å²) in [5, 5.41) is 0. The Labute approximate surface area is 67.1 Å². The average Bonchev–Trinajstić information content (AvgIpc) is 2.47. The molecule has 1 N–H and O–H groups in total. The zero-order chi connectivity index (χ0) is 8.55. The molecule has 2 aromatic heterocycles. The summed E-state index contributed by atoms with van der Waals surface area (Å²) < 4.78 is 1.08. The van der Waals surface area contributed by atoms with Gasteiger partial charge in [0.1, 0.15) is 18.2 Å². The van der Waals surface area contributed by atoms with Gasteiger partial charge in [0.05, 0.1) is 6.20 Å². The first-order chi connectivity index (χ1) is 5.79. The van der Waals surface area contributed by atoms with Crippen molar-refractivity contribution in [3.63, 3.8) is 0 Å². The number of rotatable bonds is 0. The molecule has 0 bridgehead atoms. The minimum Gasteiger partial charge on any atom is -0.247 e. The van der Waals surface area contributed by atoms with E-state index >= 15 is 0 Å². The lowest BCUT2D eigenvalue weighted by Crippen LogP contribution is -2.07. The second-order valence-corrected chi connectivity index (χ2v) is 2.15. The quantitative estimate of drug-likeness (QED) is 0.548. The van der Waals surface area contributed by atoms with Crippen molar-refractivity contribution in [3.8, 4) is 0 Å². The van der Waals surface area contributed by atoms with Crippen molar-refractivity contribution in [2.24, 2.45) is 0 Å². The maximum absolute atomic E-state index is 10.7. The average molecular weight is 162 g/mol. The van der Waals surface area contributed by atoms with Crippen molar-refractivity contribution in [1.29, 1.82) is 0 Å². The van der Waals surface area contributed by atoms with Gasteiger partial charge in [-0.05, 0) is 0 Å². The molecule has 0 fully saturated rings.